The third-order valence-electron chi connectivity index (χ3n) is 8.54. The van der Waals surface area contributed by atoms with Crippen molar-refractivity contribution in [2.75, 3.05) is 0 Å². The SMILES string of the molecule is c1ccc(-n2c3cccc(-c4ccc5c(c4)c4ccccc4n5-c4ccc5ccccc5c4)c3c3cccnc32)cc1. The van der Waals surface area contributed by atoms with Crippen LogP contribution in [0.2, 0.25) is 0 Å². The van der Waals surface area contributed by atoms with E-state index in [1.54, 1.807) is 0 Å². The second-order valence-corrected chi connectivity index (χ2v) is 10.9. The van der Waals surface area contributed by atoms with Gasteiger partial charge in [0.1, 0.15) is 5.65 Å². The molecule has 6 aromatic carbocycles. The molecule has 42 heavy (non-hydrogen) atoms. The molecule has 0 unspecified atom stereocenters. The fourth-order valence-electron chi connectivity index (χ4n) is 6.71. The van der Waals surface area contributed by atoms with Crippen LogP contribution in [-0.4, -0.2) is 14.1 Å². The second-order valence-electron chi connectivity index (χ2n) is 10.9. The number of para-hydroxylation sites is 2. The molecule has 3 aromatic heterocycles. The molecule has 0 aliphatic carbocycles. The average Bonchev–Trinajstić information content (AvgIpc) is 3.58. The highest BCUT2D eigenvalue weighted by atomic mass is 15.0. The highest BCUT2D eigenvalue weighted by Gasteiger charge is 2.18. The molecule has 9 rings (SSSR count). The van der Waals surface area contributed by atoms with E-state index in [0.29, 0.717) is 0 Å². The van der Waals surface area contributed by atoms with E-state index < -0.39 is 0 Å². The van der Waals surface area contributed by atoms with Gasteiger partial charge in [-0.3, -0.25) is 4.57 Å². The van der Waals surface area contributed by atoms with Crippen molar-refractivity contribution in [1.82, 2.24) is 14.1 Å². The molecular formula is C39H25N3. The minimum Gasteiger partial charge on any atom is -0.309 e. The molecule has 0 saturated heterocycles. The van der Waals surface area contributed by atoms with Gasteiger partial charge in [0.2, 0.25) is 0 Å². The van der Waals surface area contributed by atoms with Gasteiger partial charge in [-0.15, -0.1) is 0 Å². The van der Waals surface area contributed by atoms with Gasteiger partial charge in [0.25, 0.3) is 0 Å². The van der Waals surface area contributed by atoms with Crippen LogP contribution in [-0.2, 0) is 0 Å². The highest BCUT2D eigenvalue weighted by molar-refractivity contribution is 6.16. The molecular weight excluding hydrogens is 510 g/mol. The fraction of sp³-hybridized carbons (Fsp3) is 0. The first-order valence-corrected chi connectivity index (χ1v) is 14.3. The monoisotopic (exact) mass is 535 g/mol. The van der Waals surface area contributed by atoms with Gasteiger partial charge in [0.15, 0.2) is 0 Å². The van der Waals surface area contributed by atoms with E-state index in [9.17, 15) is 0 Å². The summed E-state index contributed by atoms with van der Waals surface area (Å²) in [6.45, 7) is 0. The van der Waals surface area contributed by atoms with Crippen LogP contribution in [0.1, 0.15) is 0 Å². The molecule has 3 heteroatoms. The van der Waals surface area contributed by atoms with Crippen LogP contribution < -0.4 is 0 Å². The summed E-state index contributed by atoms with van der Waals surface area (Å²) >= 11 is 0. The molecule has 0 amide bonds. The van der Waals surface area contributed by atoms with Crippen molar-refractivity contribution in [3.8, 4) is 22.5 Å². The van der Waals surface area contributed by atoms with E-state index in [1.807, 2.05) is 12.3 Å². The highest BCUT2D eigenvalue weighted by Crippen LogP contribution is 2.40. The standard InChI is InChI=1S/C39H25N3/c1-2-12-29(13-3-1)42-37-18-8-15-31(38(37)33-16-9-23-40-39(33)42)28-20-22-36-34(25-28)32-14-6-7-17-35(32)41(36)30-21-19-26-10-4-5-11-27(26)24-30/h1-25H. The zero-order valence-corrected chi connectivity index (χ0v) is 22.8. The van der Waals surface area contributed by atoms with Crippen LogP contribution in [0.5, 0.6) is 0 Å². The van der Waals surface area contributed by atoms with Crippen LogP contribution in [0.4, 0.5) is 0 Å². The van der Waals surface area contributed by atoms with Crippen molar-refractivity contribution >= 4 is 54.5 Å². The maximum absolute atomic E-state index is 4.84. The maximum Gasteiger partial charge on any atom is 0.145 e. The second kappa shape index (κ2) is 8.92. The van der Waals surface area contributed by atoms with E-state index in [2.05, 4.69) is 149 Å². The van der Waals surface area contributed by atoms with Crippen molar-refractivity contribution in [3.05, 3.63) is 152 Å². The van der Waals surface area contributed by atoms with Crippen LogP contribution in [0.25, 0.3) is 77.0 Å². The summed E-state index contributed by atoms with van der Waals surface area (Å²) in [6, 6.07) is 52.3. The van der Waals surface area contributed by atoms with Crippen LogP contribution in [0.3, 0.4) is 0 Å². The molecule has 0 radical (unpaired) electrons. The van der Waals surface area contributed by atoms with Crippen LogP contribution >= 0.6 is 0 Å². The van der Waals surface area contributed by atoms with E-state index >= 15 is 0 Å². The van der Waals surface area contributed by atoms with Gasteiger partial charge in [0, 0.05) is 39.1 Å². The molecule has 0 saturated carbocycles. The Balaban J connectivity index is 1.32. The summed E-state index contributed by atoms with van der Waals surface area (Å²) < 4.78 is 4.67. The first-order chi connectivity index (χ1) is 20.8. The summed E-state index contributed by atoms with van der Waals surface area (Å²) in [5.74, 6) is 0. The normalized spacial score (nSPS) is 11.8. The van der Waals surface area contributed by atoms with Crippen LogP contribution in [0, 0.1) is 0 Å². The largest absolute Gasteiger partial charge is 0.309 e. The Kier molecular flexibility index (Phi) is 4.90. The predicted molar refractivity (Wildman–Crippen MR) is 176 cm³/mol. The quantitative estimate of drug-likeness (QED) is 0.221. The third kappa shape index (κ3) is 3.31. The smallest absolute Gasteiger partial charge is 0.145 e. The molecule has 0 aliphatic rings. The van der Waals surface area contributed by atoms with E-state index in [0.717, 1.165) is 22.2 Å². The lowest BCUT2D eigenvalue weighted by Crippen LogP contribution is -1.94. The van der Waals surface area contributed by atoms with Gasteiger partial charge < -0.3 is 4.57 Å². The maximum atomic E-state index is 4.84. The van der Waals surface area contributed by atoms with Crippen molar-refractivity contribution in [1.29, 1.82) is 0 Å². The number of rotatable bonds is 3. The third-order valence-corrected chi connectivity index (χ3v) is 8.54. The first-order valence-electron chi connectivity index (χ1n) is 14.3. The number of pyridine rings is 1. The van der Waals surface area contributed by atoms with Gasteiger partial charge in [-0.1, -0.05) is 84.9 Å². The predicted octanol–water partition coefficient (Wildman–Crippen LogP) is 10.1. The first kappa shape index (κ1) is 23.1. The molecule has 0 fully saturated rings. The number of aromatic nitrogens is 3. The summed E-state index contributed by atoms with van der Waals surface area (Å²) in [4.78, 5) is 4.84. The Morgan fingerprint density at radius 2 is 1.19 bits per heavy atom. The zero-order chi connectivity index (χ0) is 27.6. The van der Waals surface area contributed by atoms with Crippen molar-refractivity contribution in [2.24, 2.45) is 0 Å². The lowest BCUT2D eigenvalue weighted by molar-refractivity contribution is 1.14. The number of nitrogens with zero attached hydrogens (tertiary/aromatic N) is 3. The van der Waals surface area contributed by atoms with E-state index in [4.69, 9.17) is 4.98 Å². The van der Waals surface area contributed by atoms with Gasteiger partial charge in [-0.25, -0.2) is 4.98 Å². The van der Waals surface area contributed by atoms with Crippen molar-refractivity contribution in [3.63, 3.8) is 0 Å². The summed E-state index contributed by atoms with van der Waals surface area (Å²) in [6.07, 6.45) is 1.88. The number of hydrogen-bond acceptors (Lipinski definition) is 1. The molecule has 0 bridgehead atoms. The summed E-state index contributed by atoms with van der Waals surface area (Å²) in [5.41, 5.74) is 9.24. The number of hydrogen-bond donors (Lipinski definition) is 0. The molecule has 196 valence electrons. The summed E-state index contributed by atoms with van der Waals surface area (Å²) in [5, 5.41) is 7.38. The van der Waals surface area contributed by atoms with Gasteiger partial charge in [-0.05, 0) is 82.6 Å². The Labute approximate surface area is 242 Å². The topological polar surface area (TPSA) is 22.8 Å². The molecule has 0 N–H and O–H groups in total. The molecule has 3 heterocycles. The Morgan fingerprint density at radius 1 is 0.429 bits per heavy atom. The lowest BCUT2D eigenvalue weighted by atomic mass is 9.98. The minimum atomic E-state index is 0.972. The number of benzene rings is 6. The van der Waals surface area contributed by atoms with Gasteiger partial charge in [0.05, 0.1) is 16.6 Å². The Hall–Kier alpha value is -5.67. The Bertz CT molecular complexity index is 2460. The molecule has 3 nitrogen and oxygen atoms in total. The van der Waals surface area contributed by atoms with Gasteiger partial charge >= 0.3 is 0 Å². The molecule has 0 spiro atoms. The van der Waals surface area contributed by atoms with E-state index in [1.165, 1.54) is 54.8 Å². The van der Waals surface area contributed by atoms with Gasteiger partial charge in [-0.2, -0.15) is 0 Å². The summed E-state index contributed by atoms with van der Waals surface area (Å²) in [7, 11) is 0. The van der Waals surface area contributed by atoms with E-state index in [-0.39, 0.29) is 0 Å². The lowest BCUT2D eigenvalue weighted by Gasteiger charge is -2.10. The molecule has 9 aromatic rings. The minimum absolute atomic E-state index is 0.972. The fourth-order valence-corrected chi connectivity index (χ4v) is 6.71. The zero-order valence-electron chi connectivity index (χ0n) is 22.8. The van der Waals surface area contributed by atoms with Crippen molar-refractivity contribution < 1.29 is 0 Å². The molecule has 0 atom stereocenters. The van der Waals surface area contributed by atoms with Crippen molar-refractivity contribution in [2.45, 2.75) is 0 Å². The molecule has 0 aliphatic heterocycles. The number of fused-ring (bicyclic) bond motifs is 7. The Morgan fingerprint density at radius 3 is 2.12 bits per heavy atom. The average molecular weight is 536 g/mol. The van der Waals surface area contributed by atoms with Crippen LogP contribution in [0.15, 0.2) is 152 Å².